The maximum Gasteiger partial charge on any atom is 0.254 e. The van der Waals surface area contributed by atoms with Crippen LogP contribution in [0.2, 0.25) is 0 Å². The van der Waals surface area contributed by atoms with Crippen LogP contribution in [0.15, 0.2) is 24.3 Å². The predicted molar refractivity (Wildman–Crippen MR) is 109 cm³/mol. The predicted octanol–water partition coefficient (Wildman–Crippen LogP) is 4.24. The maximum atomic E-state index is 12.9. The molecular formula is C22H32N4O. The van der Waals surface area contributed by atoms with Crippen molar-refractivity contribution in [2.45, 2.75) is 59.0 Å². The minimum Gasteiger partial charge on any atom is -0.335 e. The lowest BCUT2D eigenvalue weighted by Gasteiger charge is -2.26. The zero-order chi connectivity index (χ0) is 19.4. The molecule has 27 heavy (non-hydrogen) atoms. The fourth-order valence-electron chi connectivity index (χ4n) is 4.05. The van der Waals surface area contributed by atoms with E-state index in [9.17, 15) is 4.79 Å². The molecule has 1 aromatic heterocycles. The summed E-state index contributed by atoms with van der Waals surface area (Å²) < 4.78 is 0. The lowest BCUT2D eigenvalue weighted by Crippen LogP contribution is -2.30. The first-order chi connectivity index (χ1) is 13.0. The molecule has 0 bridgehead atoms. The van der Waals surface area contributed by atoms with Gasteiger partial charge in [0, 0.05) is 30.4 Å². The molecule has 1 atom stereocenters. The molecule has 1 unspecified atom stereocenters. The van der Waals surface area contributed by atoms with Crippen LogP contribution in [0.4, 0.5) is 0 Å². The second-order valence-electron chi connectivity index (χ2n) is 7.83. The van der Waals surface area contributed by atoms with Crippen molar-refractivity contribution >= 4 is 5.91 Å². The third kappa shape index (κ3) is 4.59. The monoisotopic (exact) mass is 368 g/mol. The number of nitrogens with one attached hydrogen (secondary N) is 1. The molecule has 3 rings (SSSR count). The van der Waals surface area contributed by atoms with Gasteiger partial charge in [-0.3, -0.25) is 14.8 Å². The molecule has 1 N–H and O–H groups in total. The Balaban J connectivity index is 1.66. The molecular weight excluding hydrogens is 336 g/mol. The van der Waals surface area contributed by atoms with Crippen molar-refractivity contribution in [1.29, 1.82) is 0 Å². The van der Waals surface area contributed by atoms with E-state index >= 15 is 0 Å². The quantitative estimate of drug-likeness (QED) is 0.859. The fourth-order valence-corrected chi connectivity index (χ4v) is 4.05. The summed E-state index contributed by atoms with van der Waals surface area (Å²) in [5.41, 5.74) is 5.09. The van der Waals surface area contributed by atoms with Crippen molar-refractivity contribution in [3.8, 4) is 0 Å². The summed E-state index contributed by atoms with van der Waals surface area (Å²) in [4.78, 5) is 17.3. The van der Waals surface area contributed by atoms with Crippen LogP contribution in [0.5, 0.6) is 0 Å². The van der Waals surface area contributed by atoms with Gasteiger partial charge in [-0.05, 0) is 64.4 Å². The topological polar surface area (TPSA) is 52.2 Å². The summed E-state index contributed by atoms with van der Waals surface area (Å²) in [6.45, 7) is 9.38. The Kier molecular flexibility index (Phi) is 6.32. The first-order valence-corrected chi connectivity index (χ1v) is 10.1. The Hall–Kier alpha value is -2.14. The first kappa shape index (κ1) is 19.6. The number of benzene rings is 1. The number of likely N-dealkylation sites (tertiary alicyclic amines) is 1. The third-order valence-electron chi connectivity index (χ3n) is 5.81. The highest BCUT2D eigenvalue weighted by Gasteiger charge is 2.23. The lowest BCUT2D eigenvalue weighted by molar-refractivity contribution is 0.0742. The van der Waals surface area contributed by atoms with E-state index in [4.69, 9.17) is 0 Å². The van der Waals surface area contributed by atoms with Gasteiger partial charge in [0.15, 0.2) is 0 Å². The van der Waals surface area contributed by atoms with Gasteiger partial charge in [-0.25, -0.2) is 0 Å². The molecule has 2 heterocycles. The van der Waals surface area contributed by atoms with Crippen molar-refractivity contribution < 1.29 is 4.79 Å². The van der Waals surface area contributed by atoms with Crippen LogP contribution in [0, 0.1) is 13.8 Å². The molecule has 0 radical (unpaired) electrons. The Morgan fingerprint density at radius 1 is 1.15 bits per heavy atom. The molecule has 146 valence electrons. The van der Waals surface area contributed by atoms with Gasteiger partial charge in [0.25, 0.3) is 5.91 Å². The number of carbonyl (C=O) groups excluding carboxylic acids is 1. The normalized spacial score (nSPS) is 16.7. The van der Waals surface area contributed by atoms with Crippen LogP contribution in [-0.4, -0.2) is 46.0 Å². The maximum absolute atomic E-state index is 12.9. The zero-order valence-electron chi connectivity index (χ0n) is 17.1. The standard InChI is InChI=1S/C22H32N4O/c1-16-21(17(2)24-23-16)18(3)25(4)22(27)20-11-9-19(10-12-20)15-26-13-7-5-6-8-14-26/h9-12,18H,5-8,13-15H2,1-4H3,(H,23,24). The number of carbonyl (C=O) groups is 1. The van der Waals surface area contributed by atoms with E-state index in [1.807, 2.05) is 33.0 Å². The molecule has 1 aliphatic heterocycles. The van der Waals surface area contributed by atoms with Crippen molar-refractivity contribution in [2.24, 2.45) is 0 Å². The van der Waals surface area contributed by atoms with Gasteiger partial charge < -0.3 is 4.90 Å². The number of amides is 1. The molecule has 1 saturated heterocycles. The third-order valence-corrected chi connectivity index (χ3v) is 5.81. The smallest absolute Gasteiger partial charge is 0.254 e. The highest BCUT2D eigenvalue weighted by Crippen LogP contribution is 2.25. The number of nitrogens with zero attached hydrogens (tertiary/aromatic N) is 3. The molecule has 0 aliphatic carbocycles. The summed E-state index contributed by atoms with van der Waals surface area (Å²) in [6.07, 6.45) is 5.30. The second-order valence-corrected chi connectivity index (χ2v) is 7.83. The highest BCUT2D eigenvalue weighted by atomic mass is 16.2. The Morgan fingerprint density at radius 2 is 1.78 bits per heavy atom. The number of aryl methyl sites for hydroxylation is 2. The summed E-state index contributed by atoms with van der Waals surface area (Å²) >= 11 is 0. The lowest BCUT2D eigenvalue weighted by atomic mass is 10.0. The van der Waals surface area contributed by atoms with E-state index in [2.05, 4.69) is 34.2 Å². The summed E-state index contributed by atoms with van der Waals surface area (Å²) in [7, 11) is 1.87. The van der Waals surface area contributed by atoms with Gasteiger partial charge in [0.2, 0.25) is 0 Å². The van der Waals surface area contributed by atoms with Crippen LogP contribution in [0.1, 0.15) is 71.5 Å². The first-order valence-electron chi connectivity index (χ1n) is 10.1. The Bertz CT molecular complexity index is 738. The summed E-state index contributed by atoms with van der Waals surface area (Å²) in [6, 6.07) is 8.12. The molecule has 2 aromatic rings. The summed E-state index contributed by atoms with van der Waals surface area (Å²) in [5, 5.41) is 7.27. The van der Waals surface area contributed by atoms with Crippen molar-refractivity contribution in [3.63, 3.8) is 0 Å². The largest absolute Gasteiger partial charge is 0.335 e. The number of aromatic amines is 1. The minimum atomic E-state index is -0.0203. The number of hydrogen-bond donors (Lipinski definition) is 1. The minimum absolute atomic E-state index is 0.0203. The van der Waals surface area contributed by atoms with Crippen LogP contribution in [0.3, 0.4) is 0 Å². The van der Waals surface area contributed by atoms with Gasteiger partial charge in [0.1, 0.15) is 0 Å². The van der Waals surface area contributed by atoms with Gasteiger partial charge in [-0.15, -0.1) is 0 Å². The van der Waals surface area contributed by atoms with Crippen LogP contribution in [-0.2, 0) is 6.54 Å². The molecule has 0 spiro atoms. The van der Waals surface area contributed by atoms with E-state index in [0.717, 1.165) is 29.1 Å². The van der Waals surface area contributed by atoms with Crippen LogP contribution < -0.4 is 0 Å². The molecule has 0 saturated carbocycles. The van der Waals surface area contributed by atoms with Gasteiger partial charge in [-0.1, -0.05) is 25.0 Å². The number of hydrogen-bond acceptors (Lipinski definition) is 3. The average Bonchev–Trinajstić information content (AvgIpc) is 2.86. The number of aromatic nitrogens is 2. The number of rotatable bonds is 5. The van der Waals surface area contributed by atoms with Crippen molar-refractivity contribution in [1.82, 2.24) is 20.0 Å². The van der Waals surface area contributed by atoms with E-state index < -0.39 is 0 Å². The van der Waals surface area contributed by atoms with Crippen molar-refractivity contribution in [3.05, 3.63) is 52.3 Å². The SMILES string of the molecule is Cc1n[nH]c(C)c1C(C)N(C)C(=O)c1ccc(CN2CCCCCC2)cc1. The number of H-pyrrole nitrogens is 1. The zero-order valence-corrected chi connectivity index (χ0v) is 17.1. The Morgan fingerprint density at radius 3 is 2.33 bits per heavy atom. The molecule has 1 fully saturated rings. The summed E-state index contributed by atoms with van der Waals surface area (Å²) in [5.74, 6) is 0.0452. The van der Waals surface area contributed by atoms with E-state index in [1.54, 1.807) is 4.90 Å². The van der Waals surface area contributed by atoms with E-state index in [-0.39, 0.29) is 11.9 Å². The highest BCUT2D eigenvalue weighted by molar-refractivity contribution is 5.94. The molecule has 1 amide bonds. The molecule has 1 aliphatic rings. The van der Waals surface area contributed by atoms with Gasteiger partial charge in [0.05, 0.1) is 11.7 Å². The Labute approximate surface area is 162 Å². The van der Waals surface area contributed by atoms with Crippen LogP contribution in [0.25, 0.3) is 0 Å². The van der Waals surface area contributed by atoms with Gasteiger partial charge >= 0.3 is 0 Å². The van der Waals surface area contributed by atoms with Crippen LogP contribution >= 0.6 is 0 Å². The van der Waals surface area contributed by atoms with E-state index in [0.29, 0.717) is 0 Å². The molecule has 5 nitrogen and oxygen atoms in total. The van der Waals surface area contributed by atoms with E-state index in [1.165, 1.54) is 44.3 Å². The molecule has 5 heteroatoms. The fraction of sp³-hybridized carbons (Fsp3) is 0.545. The van der Waals surface area contributed by atoms with Gasteiger partial charge in [-0.2, -0.15) is 5.10 Å². The molecule has 1 aromatic carbocycles. The average molecular weight is 369 g/mol. The second kappa shape index (κ2) is 8.70. The van der Waals surface area contributed by atoms with Crippen molar-refractivity contribution in [2.75, 3.05) is 20.1 Å².